The second-order valence-corrected chi connectivity index (χ2v) is 17.2. The molecule has 4 aromatic heterocycles. The van der Waals surface area contributed by atoms with Crippen molar-refractivity contribution >= 4 is 55.5 Å². The van der Waals surface area contributed by atoms with Crippen molar-refractivity contribution in [1.82, 2.24) is 35.0 Å². The summed E-state index contributed by atoms with van der Waals surface area (Å²) in [7, 11) is -2.59. The van der Waals surface area contributed by atoms with E-state index in [9.17, 15) is 23.3 Å². The molecule has 1 amide bonds. The van der Waals surface area contributed by atoms with Crippen LogP contribution in [0.3, 0.4) is 0 Å². The molecule has 0 radical (unpaired) electrons. The SMILES string of the molecule is COC(=O)CC[C@@H]1N=C(c2ccc(-c3cnc(C(=O)NCc4ccc(S(=O)(=O)Nc5ccc(C)c6c(C#N)c[nH]c56)cc4)nc3)cc2)c2c(sc(C)c2C)-n2c(C)nnc21. The smallest absolute Gasteiger partial charge is 0.305 e. The Morgan fingerprint density at radius 3 is 2.37 bits per heavy atom. The zero-order chi connectivity index (χ0) is 42.3. The van der Waals surface area contributed by atoms with Crippen molar-refractivity contribution in [3.8, 4) is 22.2 Å². The van der Waals surface area contributed by atoms with Crippen LogP contribution in [0, 0.1) is 39.0 Å². The molecule has 0 bridgehead atoms. The van der Waals surface area contributed by atoms with E-state index in [4.69, 9.17) is 9.73 Å². The first kappa shape index (κ1) is 39.8. The molecule has 0 spiro atoms. The molecule has 8 rings (SSSR count). The van der Waals surface area contributed by atoms with Crippen molar-refractivity contribution in [2.24, 2.45) is 4.99 Å². The van der Waals surface area contributed by atoms with Gasteiger partial charge in [-0.1, -0.05) is 42.5 Å². The summed E-state index contributed by atoms with van der Waals surface area (Å²) in [6.45, 7) is 8.05. The number of ether oxygens (including phenoxy) is 1. The van der Waals surface area contributed by atoms with E-state index in [2.05, 4.69) is 55.1 Å². The fourth-order valence-corrected chi connectivity index (χ4v) is 9.48. The number of benzene rings is 3. The van der Waals surface area contributed by atoms with Gasteiger partial charge in [0.15, 0.2) is 5.82 Å². The number of rotatable bonds is 11. The van der Waals surface area contributed by atoms with E-state index in [0.29, 0.717) is 45.5 Å². The van der Waals surface area contributed by atoms with Gasteiger partial charge in [-0.15, -0.1) is 21.5 Å². The summed E-state index contributed by atoms with van der Waals surface area (Å²) in [4.78, 5) is 43.2. The summed E-state index contributed by atoms with van der Waals surface area (Å²) in [6, 6.07) is 19.2. The first-order valence-electron chi connectivity index (χ1n) is 18.9. The van der Waals surface area contributed by atoms with Crippen LogP contribution in [-0.4, -0.2) is 62.8 Å². The molecule has 5 heterocycles. The highest BCUT2D eigenvalue weighted by molar-refractivity contribution is 7.92. The number of hydrogen-bond acceptors (Lipinski definition) is 12. The maximum Gasteiger partial charge on any atom is 0.305 e. The lowest BCUT2D eigenvalue weighted by atomic mass is 9.97. The van der Waals surface area contributed by atoms with Crippen molar-refractivity contribution in [3.63, 3.8) is 0 Å². The van der Waals surface area contributed by atoms with E-state index in [-0.39, 0.29) is 29.7 Å². The number of aromatic amines is 1. The Morgan fingerprint density at radius 1 is 0.950 bits per heavy atom. The maximum atomic E-state index is 13.3. The van der Waals surface area contributed by atoms with Crippen LogP contribution in [-0.2, 0) is 26.1 Å². The first-order chi connectivity index (χ1) is 28.9. The van der Waals surface area contributed by atoms with Crippen LogP contribution in [0.4, 0.5) is 5.69 Å². The highest BCUT2D eigenvalue weighted by atomic mass is 32.2. The Bertz CT molecular complexity index is 3000. The Labute approximate surface area is 349 Å². The zero-order valence-corrected chi connectivity index (χ0v) is 34.8. The monoisotopic (exact) mass is 838 g/mol. The second kappa shape index (κ2) is 16.0. The Balaban J connectivity index is 0.944. The van der Waals surface area contributed by atoms with E-state index >= 15 is 0 Å². The van der Waals surface area contributed by atoms with E-state index in [1.54, 1.807) is 54.2 Å². The van der Waals surface area contributed by atoms with Gasteiger partial charge >= 0.3 is 5.97 Å². The topological polar surface area (TPSA) is 210 Å². The standard InChI is InChI=1S/C43H38N10O5S2/c1-23-6-15-33(39-36(23)30(18-44)20-45-39)52-60(56,57)32-13-7-27(8-14-32)19-48-42(55)40-46-21-31(22-47-40)28-9-11-29(12-10-28)38-37-24(2)25(3)59-43(37)53-26(4)50-51-41(53)34(49-38)16-17-35(54)58-5/h6-15,20-22,34,45,52H,16-17,19H2,1-5H3,(H,48,55)/t34-/m0/s1. The molecule has 60 heavy (non-hydrogen) atoms. The summed E-state index contributed by atoms with van der Waals surface area (Å²) < 4.78 is 36.1. The number of sulfonamides is 1. The number of fused-ring (bicyclic) bond motifs is 4. The Morgan fingerprint density at radius 2 is 1.67 bits per heavy atom. The number of carbonyl (C=O) groups excluding carboxylic acids is 2. The molecule has 17 heteroatoms. The minimum absolute atomic E-state index is 0.0176. The number of thiophene rings is 1. The van der Waals surface area contributed by atoms with Gasteiger partial charge in [0.2, 0.25) is 5.82 Å². The van der Waals surface area contributed by atoms with Gasteiger partial charge in [0.1, 0.15) is 22.9 Å². The number of aryl methyl sites for hydroxylation is 3. The van der Waals surface area contributed by atoms with Gasteiger partial charge in [-0.2, -0.15) is 5.26 Å². The zero-order valence-electron chi connectivity index (χ0n) is 33.2. The van der Waals surface area contributed by atoms with Gasteiger partial charge in [0.05, 0.1) is 34.5 Å². The number of amides is 1. The van der Waals surface area contributed by atoms with Gasteiger partial charge in [0.25, 0.3) is 15.9 Å². The van der Waals surface area contributed by atoms with Crippen LogP contribution in [0.15, 0.2) is 89.1 Å². The van der Waals surface area contributed by atoms with E-state index in [1.807, 2.05) is 42.7 Å². The molecule has 0 unspecified atom stereocenters. The minimum Gasteiger partial charge on any atom is -0.469 e. The largest absolute Gasteiger partial charge is 0.469 e. The number of esters is 1. The number of nitriles is 1. The number of aromatic nitrogens is 6. The molecule has 1 atom stereocenters. The van der Waals surface area contributed by atoms with Crippen LogP contribution in [0.5, 0.6) is 0 Å². The van der Waals surface area contributed by atoms with E-state index < -0.39 is 22.0 Å². The van der Waals surface area contributed by atoms with Gasteiger partial charge < -0.3 is 15.0 Å². The predicted molar refractivity (Wildman–Crippen MR) is 227 cm³/mol. The first-order valence-corrected chi connectivity index (χ1v) is 21.2. The van der Waals surface area contributed by atoms with Crippen LogP contribution >= 0.6 is 11.3 Å². The van der Waals surface area contributed by atoms with Crippen LogP contribution in [0.1, 0.15) is 79.4 Å². The Kier molecular flexibility index (Phi) is 10.6. The van der Waals surface area contributed by atoms with E-state index in [0.717, 1.165) is 49.2 Å². The van der Waals surface area contributed by atoms with Crippen molar-refractivity contribution < 1.29 is 22.7 Å². The summed E-state index contributed by atoms with van der Waals surface area (Å²) in [5, 5.41) is 22.7. The molecule has 1 aliphatic heterocycles. The number of anilines is 1. The third kappa shape index (κ3) is 7.42. The van der Waals surface area contributed by atoms with Crippen molar-refractivity contribution in [3.05, 3.63) is 135 Å². The average Bonchev–Trinajstić information content (AvgIpc) is 3.93. The number of hydrogen-bond donors (Lipinski definition) is 3. The van der Waals surface area contributed by atoms with Crippen LogP contribution in [0.25, 0.3) is 27.0 Å². The number of H-pyrrole nitrogens is 1. The normalized spacial score (nSPS) is 13.5. The third-order valence-electron chi connectivity index (χ3n) is 10.5. The van der Waals surface area contributed by atoms with Crippen molar-refractivity contribution in [2.75, 3.05) is 11.8 Å². The number of carbonyl (C=O) groups is 2. The lowest BCUT2D eigenvalue weighted by Gasteiger charge is -2.12. The molecule has 15 nitrogen and oxygen atoms in total. The lowest BCUT2D eigenvalue weighted by molar-refractivity contribution is -0.140. The van der Waals surface area contributed by atoms with Gasteiger partial charge in [-0.05, 0) is 74.6 Å². The molecule has 0 fully saturated rings. The summed E-state index contributed by atoms with van der Waals surface area (Å²) in [5.74, 6) is 0.596. The molecular formula is C43H38N10O5S2. The summed E-state index contributed by atoms with van der Waals surface area (Å²) >= 11 is 1.66. The fourth-order valence-electron chi connectivity index (χ4n) is 7.20. The molecule has 0 saturated carbocycles. The Hall–Kier alpha value is -7.03. The fraction of sp³-hybridized carbons (Fsp3) is 0.209. The molecule has 3 N–H and O–H groups in total. The summed E-state index contributed by atoms with van der Waals surface area (Å²) in [6.07, 6.45) is 5.32. The molecule has 3 aromatic carbocycles. The molecule has 302 valence electrons. The lowest BCUT2D eigenvalue weighted by Crippen LogP contribution is -2.25. The number of nitrogens with zero attached hydrogens (tertiary/aromatic N) is 7. The molecule has 0 aliphatic carbocycles. The third-order valence-corrected chi connectivity index (χ3v) is 13.1. The van der Waals surface area contributed by atoms with Crippen LogP contribution in [0.2, 0.25) is 0 Å². The number of nitrogens with one attached hydrogen (secondary N) is 3. The average molecular weight is 839 g/mol. The van der Waals surface area contributed by atoms with Gasteiger partial charge in [0, 0.05) is 58.5 Å². The molecule has 1 aliphatic rings. The predicted octanol–water partition coefficient (Wildman–Crippen LogP) is 6.95. The second-order valence-electron chi connectivity index (χ2n) is 14.3. The van der Waals surface area contributed by atoms with E-state index in [1.165, 1.54) is 19.2 Å². The van der Waals surface area contributed by atoms with Gasteiger partial charge in [-0.3, -0.25) is 23.9 Å². The number of methoxy groups -OCH3 is 1. The van der Waals surface area contributed by atoms with Gasteiger partial charge in [-0.25, -0.2) is 18.4 Å². The molecular weight excluding hydrogens is 801 g/mol. The summed E-state index contributed by atoms with van der Waals surface area (Å²) in [5.41, 5.74) is 8.15. The van der Waals surface area contributed by atoms with Crippen LogP contribution < -0.4 is 10.0 Å². The molecule has 0 saturated heterocycles. The quantitative estimate of drug-likeness (QED) is 0.114. The maximum absolute atomic E-state index is 13.3. The minimum atomic E-state index is -3.96. The van der Waals surface area contributed by atoms with Crippen molar-refractivity contribution in [1.29, 1.82) is 5.26 Å². The number of aliphatic imine (C=N–C) groups is 1. The highest BCUT2D eigenvalue weighted by Gasteiger charge is 2.32. The van der Waals surface area contributed by atoms with Crippen molar-refractivity contribution in [2.45, 2.75) is 58.0 Å². The molecule has 7 aromatic rings. The highest BCUT2D eigenvalue weighted by Crippen LogP contribution is 2.40.